The molecule has 0 unspecified atom stereocenters. The Balaban J connectivity index is 2.01. The topological polar surface area (TPSA) is 58.0 Å². The highest BCUT2D eigenvalue weighted by Crippen LogP contribution is 2.31. The predicted molar refractivity (Wildman–Crippen MR) is 85.1 cm³/mol. The fourth-order valence-electron chi connectivity index (χ4n) is 3.07. The first kappa shape index (κ1) is 14.5. The standard InChI is InChI=1S/C17H19FN4/c18-15-7-3-2-6-13(15)12-22-14(11-19)10-16(20)17(22)21-8-4-1-5-9-21/h2-3,6-7,10H,1,4-5,8-9,12,20H2. The van der Waals surface area contributed by atoms with Gasteiger partial charge >= 0.3 is 0 Å². The Hall–Kier alpha value is -2.48. The van der Waals surface area contributed by atoms with Crippen LogP contribution in [0.25, 0.3) is 0 Å². The van der Waals surface area contributed by atoms with Crippen molar-refractivity contribution in [1.29, 1.82) is 5.26 Å². The Morgan fingerprint density at radius 2 is 1.91 bits per heavy atom. The summed E-state index contributed by atoms with van der Waals surface area (Å²) in [5.41, 5.74) is 7.76. The second-order valence-corrected chi connectivity index (χ2v) is 5.65. The Labute approximate surface area is 129 Å². The van der Waals surface area contributed by atoms with Gasteiger partial charge in [0, 0.05) is 18.7 Å². The van der Waals surface area contributed by atoms with Gasteiger partial charge in [-0.1, -0.05) is 18.2 Å². The van der Waals surface area contributed by atoms with Crippen LogP contribution in [0.2, 0.25) is 0 Å². The quantitative estimate of drug-likeness (QED) is 0.947. The zero-order valence-electron chi connectivity index (χ0n) is 12.4. The van der Waals surface area contributed by atoms with Crippen LogP contribution < -0.4 is 10.6 Å². The molecule has 0 saturated carbocycles. The van der Waals surface area contributed by atoms with E-state index in [9.17, 15) is 9.65 Å². The van der Waals surface area contributed by atoms with Crippen molar-refractivity contribution >= 4 is 11.5 Å². The summed E-state index contributed by atoms with van der Waals surface area (Å²) in [5, 5.41) is 9.36. The lowest BCUT2D eigenvalue weighted by Crippen LogP contribution is -2.32. The third-order valence-corrected chi connectivity index (χ3v) is 4.15. The number of anilines is 2. The molecular weight excluding hydrogens is 279 g/mol. The second-order valence-electron chi connectivity index (χ2n) is 5.65. The van der Waals surface area contributed by atoms with Crippen molar-refractivity contribution in [3.63, 3.8) is 0 Å². The molecule has 0 bridgehead atoms. The van der Waals surface area contributed by atoms with Gasteiger partial charge in [-0.05, 0) is 31.4 Å². The van der Waals surface area contributed by atoms with Gasteiger partial charge in [0.15, 0.2) is 0 Å². The third kappa shape index (κ3) is 2.64. The molecule has 0 atom stereocenters. The van der Waals surface area contributed by atoms with Gasteiger partial charge in [0.2, 0.25) is 0 Å². The van der Waals surface area contributed by atoms with Crippen LogP contribution in [0.4, 0.5) is 15.9 Å². The molecule has 22 heavy (non-hydrogen) atoms. The number of nitriles is 1. The van der Waals surface area contributed by atoms with Gasteiger partial charge in [0.05, 0.1) is 12.2 Å². The number of piperidine rings is 1. The third-order valence-electron chi connectivity index (χ3n) is 4.15. The van der Waals surface area contributed by atoms with Crippen LogP contribution in [0.1, 0.15) is 30.5 Å². The van der Waals surface area contributed by atoms with Crippen LogP contribution in [0.5, 0.6) is 0 Å². The first-order valence-electron chi connectivity index (χ1n) is 7.58. The van der Waals surface area contributed by atoms with Crippen molar-refractivity contribution in [2.24, 2.45) is 0 Å². The highest BCUT2D eigenvalue weighted by atomic mass is 19.1. The minimum absolute atomic E-state index is 0.261. The Bertz CT molecular complexity index is 708. The van der Waals surface area contributed by atoms with Gasteiger partial charge in [-0.3, -0.25) is 0 Å². The smallest absolute Gasteiger partial charge is 0.133 e. The van der Waals surface area contributed by atoms with Crippen molar-refractivity contribution < 1.29 is 4.39 Å². The maximum atomic E-state index is 14.0. The predicted octanol–water partition coefficient (Wildman–Crippen LogP) is 3.12. The summed E-state index contributed by atoms with van der Waals surface area (Å²) in [6.45, 7) is 2.17. The van der Waals surface area contributed by atoms with Gasteiger partial charge in [0.1, 0.15) is 23.4 Å². The van der Waals surface area contributed by atoms with Gasteiger partial charge in [-0.25, -0.2) is 4.39 Å². The summed E-state index contributed by atoms with van der Waals surface area (Å²) >= 11 is 0. The molecule has 2 aromatic rings. The number of nitrogens with zero attached hydrogens (tertiary/aromatic N) is 3. The zero-order chi connectivity index (χ0) is 15.5. The molecule has 1 aromatic heterocycles. The summed E-state index contributed by atoms with van der Waals surface area (Å²) < 4.78 is 15.8. The van der Waals surface area contributed by atoms with Crippen LogP contribution in [0.3, 0.4) is 0 Å². The van der Waals surface area contributed by atoms with Crippen LogP contribution in [-0.2, 0) is 6.54 Å². The van der Waals surface area contributed by atoms with E-state index in [2.05, 4.69) is 11.0 Å². The van der Waals surface area contributed by atoms with Crippen LogP contribution >= 0.6 is 0 Å². The summed E-state index contributed by atoms with van der Waals surface area (Å²) in [7, 11) is 0. The van der Waals surface area contributed by atoms with Crippen LogP contribution in [0, 0.1) is 17.1 Å². The van der Waals surface area contributed by atoms with Crippen molar-refractivity contribution in [3.8, 4) is 6.07 Å². The first-order valence-corrected chi connectivity index (χ1v) is 7.58. The molecule has 2 N–H and O–H groups in total. The molecule has 1 aliphatic rings. The Morgan fingerprint density at radius 3 is 2.59 bits per heavy atom. The highest BCUT2D eigenvalue weighted by molar-refractivity contribution is 5.68. The maximum Gasteiger partial charge on any atom is 0.133 e. The number of benzene rings is 1. The highest BCUT2D eigenvalue weighted by Gasteiger charge is 2.21. The van der Waals surface area contributed by atoms with Crippen LogP contribution in [0.15, 0.2) is 30.3 Å². The molecule has 0 aliphatic carbocycles. The summed E-state index contributed by atoms with van der Waals surface area (Å²) in [4.78, 5) is 2.21. The fourth-order valence-corrected chi connectivity index (χ4v) is 3.07. The molecule has 1 aromatic carbocycles. The van der Waals surface area contributed by atoms with Gasteiger partial charge in [-0.2, -0.15) is 5.26 Å². The number of halogens is 1. The number of hydrogen-bond acceptors (Lipinski definition) is 3. The van der Waals surface area contributed by atoms with E-state index in [1.54, 1.807) is 24.3 Å². The van der Waals surface area contributed by atoms with Crippen molar-refractivity contribution in [2.45, 2.75) is 25.8 Å². The number of rotatable bonds is 3. The van der Waals surface area contributed by atoms with Crippen molar-refractivity contribution in [3.05, 3.63) is 47.4 Å². The molecule has 3 rings (SSSR count). The lowest BCUT2D eigenvalue weighted by molar-refractivity contribution is 0.559. The lowest BCUT2D eigenvalue weighted by Gasteiger charge is -2.30. The molecular formula is C17H19FN4. The van der Waals surface area contributed by atoms with E-state index in [1.807, 2.05) is 4.57 Å². The average Bonchev–Trinajstić information content (AvgIpc) is 2.86. The summed E-state index contributed by atoms with van der Waals surface area (Å²) in [6.07, 6.45) is 3.45. The summed E-state index contributed by atoms with van der Waals surface area (Å²) in [5.74, 6) is 0.586. The van der Waals surface area contributed by atoms with E-state index < -0.39 is 0 Å². The maximum absolute atomic E-state index is 14.0. The number of aromatic nitrogens is 1. The monoisotopic (exact) mass is 298 g/mol. The van der Waals surface area contributed by atoms with E-state index >= 15 is 0 Å². The molecule has 4 nitrogen and oxygen atoms in total. The number of nitrogen functional groups attached to an aromatic ring is 1. The largest absolute Gasteiger partial charge is 0.396 e. The molecule has 1 aliphatic heterocycles. The van der Waals surface area contributed by atoms with Crippen molar-refractivity contribution in [1.82, 2.24) is 4.57 Å². The minimum atomic E-state index is -0.261. The number of hydrogen-bond donors (Lipinski definition) is 1. The van der Waals surface area contributed by atoms with Gasteiger partial charge in [0.25, 0.3) is 0 Å². The van der Waals surface area contributed by atoms with E-state index in [0.717, 1.165) is 31.7 Å². The zero-order valence-corrected chi connectivity index (χ0v) is 12.4. The second kappa shape index (κ2) is 6.10. The van der Waals surface area contributed by atoms with E-state index in [0.29, 0.717) is 23.5 Å². The van der Waals surface area contributed by atoms with Crippen molar-refractivity contribution in [2.75, 3.05) is 23.7 Å². The molecule has 1 fully saturated rings. The van der Waals surface area contributed by atoms with Gasteiger partial charge in [-0.15, -0.1) is 0 Å². The SMILES string of the molecule is N#Cc1cc(N)c(N2CCCCC2)n1Cc1ccccc1F. The van der Waals surface area contributed by atoms with Gasteiger partial charge < -0.3 is 15.2 Å². The molecule has 0 radical (unpaired) electrons. The fraction of sp³-hybridized carbons (Fsp3) is 0.353. The molecule has 114 valence electrons. The number of nitrogens with two attached hydrogens (primary N) is 1. The van der Waals surface area contributed by atoms with E-state index in [1.165, 1.54) is 12.5 Å². The lowest BCUT2D eigenvalue weighted by atomic mass is 10.1. The molecule has 0 spiro atoms. The molecule has 0 amide bonds. The molecule has 2 heterocycles. The average molecular weight is 298 g/mol. The normalized spacial score (nSPS) is 14.8. The summed E-state index contributed by atoms with van der Waals surface area (Å²) in [6, 6.07) is 10.5. The Kier molecular flexibility index (Phi) is 4.01. The Morgan fingerprint density at radius 1 is 1.18 bits per heavy atom. The van der Waals surface area contributed by atoms with E-state index in [-0.39, 0.29) is 5.82 Å². The van der Waals surface area contributed by atoms with E-state index in [4.69, 9.17) is 5.73 Å². The minimum Gasteiger partial charge on any atom is -0.396 e. The van der Waals surface area contributed by atoms with Crippen LogP contribution in [-0.4, -0.2) is 17.7 Å². The molecule has 1 saturated heterocycles. The molecule has 5 heteroatoms. The first-order chi connectivity index (χ1) is 10.7.